The second-order valence-corrected chi connectivity index (χ2v) is 6.91. The van der Waals surface area contributed by atoms with Crippen molar-refractivity contribution in [1.82, 2.24) is 10.6 Å². The van der Waals surface area contributed by atoms with Crippen molar-refractivity contribution >= 4 is 11.8 Å². The molecule has 0 heterocycles. The second kappa shape index (κ2) is 10.5. The van der Waals surface area contributed by atoms with E-state index in [-0.39, 0.29) is 17.9 Å². The summed E-state index contributed by atoms with van der Waals surface area (Å²) in [6.07, 6.45) is 1.94. The Balaban J connectivity index is 1.89. The van der Waals surface area contributed by atoms with Gasteiger partial charge in [-0.2, -0.15) is 0 Å². The molecular formula is C22H30N3O2+. The molecular weight excluding hydrogens is 338 g/mol. The van der Waals surface area contributed by atoms with Crippen molar-refractivity contribution in [3.63, 3.8) is 0 Å². The Morgan fingerprint density at radius 2 is 1.70 bits per heavy atom. The highest BCUT2D eigenvalue weighted by Crippen LogP contribution is 2.17. The van der Waals surface area contributed by atoms with Crippen molar-refractivity contribution in [3.8, 4) is 0 Å². The summed E-state index contributed by atoms with van der Waals surface area (Å²) >= 11 is 0. The van der Waals surface area contributed by atoms with Crippen LogP contribution in [0.3, 0.4) is 0 Å². The first kappa shape index (κ1) is 20.6. The Kier molecular flexibility index (Phi) is 8.01. The van der Waals surface area contributed by atoms with Crippen LogP contribution in [0.1, 0.15) is 47.3 Å². The summed E-state index contributed by atoms with van der Waals surface area (Å²) in [7, 11) is 3.62. The number of hydrogen-bond acceptors (Lipinski definition) is 2. The molecule has 2 atom stereocenters. The molecule has 3 N–H and O–H groups in total. The molecule has 2 aromatic rings. The van der Waals surface area contributed by atoms with E-state index in [9.17, 15) is 9.59 Å². The highest BCUT2D eigenvalue weighted by atomic mass is 16.2. The summed E-state index contributed by atoms with van der Waals surface area (Å²) in [4.78, 5) is 25.2. The average molecular weight is 369 g/mol. The van der Waals surface area contributed by atoms with E-state index < -0.39 is 0 Å². The number of carbonyl (C=O) groups excluding carboxylic acids is 2. The molecule has 27 heavy (non-hydrogen) atoms. The van der Waals surface area contributed by atoms with Gasteiger partial charge in [-0.3, -0.25) is 9.59 Å². The number of hydrogen-bond donors (Lipinski definition) is 3. The number of rotatable bonds is 9. The maximum Gasteiger partial charge on any atom is 0.275 e. The van der Waals surface area contributed by atoms with Crippen molar-refractivity contribution in [2.24, 2.45) is 0 Å². The van der Waals surface area contributed by atoms with E-state index in [4.69, 9.17) is 0 Å². The van der Waals surface area contributed by atoms with E-state index in [1.165, 1.54) is 0 Å². The summed E-state index contributed by atoms with van der Waals surface area (Å²) in [5.74, 6) is -0.0405. The zero-order chi connectivity index (χ0) is 19.6. The van der Waals surface area contributed by atoms with Gasteiger partial charge in [0.15, 0.2) is 6.54 Å². The molecule has 0 bridgehead atoms. The first-order valence-corrected chi connectivity index (χ1v) is 9.50. The second-order valence-electron chi connectivity index (χ2n) is 6.91. The van der Waals surface area contributed by atoms with E-state index in [0.29, 0.717) is 12.1 Å². The molecule has 0 aliphatic carbocycles. The molecule has 2 rings (SSSR count). The molecule has 5 heteroatoms. The highest BCUT2D eigenvalue weighted by Gasteiger charge is 2.17. The molecule has 0 saturated heterocycles. The van der Waals surface area contributed by atoms with Crippen LogP contribution in [0.5, 0.6) is 0 Å². The number of quaternary nitrogens is 1. The zero-order valence-electron chi connectivity index (χ0n) is 16.4. The molecule has 0 fully saturated rings. The molecule has 0 spiro atoms. The fraction of sp³-hybridized carbons (Fsp3) is 0.364. The molecule has 0 aliphatic rings. The zero-order valence-corrected chi connectivity index (χ0v) is 16.4. The molecule has 0 aromatic heterocycles. The fourth-order valence-corrected chi connectivity index (χ4v) is 3.14. The normalized spacial score (nSPS) is 12.9. The van der Waals surface area contributed by atoms with E-state index in [2.05, 4.69) is 29.7 Å². The van der Waals surface area contributed by atoms with Crippen LogP contribution >= 0.6 is 0 Å². The van der Waals surface area contributed by atoms with Gasteiger partial charge in [-0.05, 0) is 24.1 Å². The van der Waals surface area contributed by atoms with Gasteiger partial charge in [0.1, 0.15) is 6.54 Å². The lowest BCUT2D eigenvalue weighted by atomic mass is 10.0. The van der Waals surface area contributed by atoms with Gasteiger partial charge in [0.25, 0.3) is 11.8 Å². The van der Waals surface area contributed by atoms with E-state index in [1.54, 1.807) is 7.05 Å². The first-order valence-electron chi connectivity index (χ1n) is 9.50. The van der Waals surface area contributed by atoms with Crippen LogP contribution in [-0.2, 0) is 11.3 Å². The first-order chi connectivity index (χ1) is 13.0. The predicted molar refractivity (Wildman–Crippen MR) is 108 cm³/mol. The number of likely N-dealkylation sites (N-methyl/N-ethyl adjacent to an activating group) is 1. The van der Waals surface area contributed by atoms with Crippen molar-refractivity contribution in [2.75, 3.05) is 20.6 Å². The van der Waals surface area contributed by atoms with Gasteiger partial charge in [-0.25, -0.2) is 0 Å². The predicted octanol–water partition coefficient (Wildman–Crippen LogP) is 1.72. The molecule has 2 aromatic carbocycles. The van der Waals surface area contributed by atoms with Crippen LogP contribution in [-0.4, -0.2) is 32.5 Å². The molecule has 2 amide bonds. The van der Waals surface area contributed by atoms with E-state index >= 15 is 0 Å². The van der Waals surface area contributed by atoms with E-state index in [1.807, 2.05) is 49.5 Å². The van der Waals surface area contributed by atoms with Gasteiger partial charge in [-0.1, -0.05) is 55.8 Å². The van der Waals surface area contributed by atoms with Crippen molar-refractivity contribution < 1.29 is 14.5 Å². The van der Waals surface area contributed by atoms with Crippen LogP contribution in [0, 0.1) is 0 Å². The summed E-state index contributed by atoms with van der Waals surface area (Å²) in [5, 5.41) is 5.78. The lowest BCUT2D eigenvalue weighted by Gasteiger charge is -2.20. The molecule has 0 saturated carbocycles. The van der Waals surface area contributed by atoms with Gasteiger partial charge < -0.3 is 15.5 Å². The SMILES string of the molecule is CCC[C@@H](NC(=O)C[NH+](C)Cc1ccc(C(=O)NC)cc1)c1ccccc1. The Hall–Kier alpha value is -2.66. The van der Waals surface area contributed by atoms with Gasteiger partial charge >= 0.3 is 0 Å². The Labute approximate surface area is 161 Å². The van der Waals surface area contributed by atoms with Gasteiger partial charge in [0.05, 0.1) is 13.1 Å². The smallest absolute Gasteiger partial charge is 0.275 e. The third kappa shape index (κ3) is 6.53. The quantitative estimate of drug-likeness (QED) is 0.631. The fourth-order valence-electron chi connectivity index (χ4n) is 3.14. The minimum atomic E-state index is -0.0930. The number of carbonyl (C=O) groups is 2. The summed E-state index contributed by atoms with van der Waals surface area (Å²) in [5.41, 5.74) is 2.89. The van der Waals surface area contributed by atoms with Crippen LogP contribution < -0.4 is 15.5 Å². The van der Waals surface area contributed by atoms with Crippen molar-refractivity contribution in [3.05, 3.63) is 71.3 Å². The maximum atomic E-state index is 12.5. The van der Waals surface area contributed by atoms with Crippen molar-refractivity contribution in [2.45, 2.75) is 32.4 Å². The Morgan fingerprint density at radius 3 is 2.30 bits per heavy atom. The standard InChI is InChI=1S/C22H29N3O2/c1-4-8-20(18-9-6-5-7-10-18)24-21(26)16-25(3)15-17-11-13-19(14-12-17)22(27)23-2/h5-7,9-14,20H,4,8,15-16H2,1-3H3,(H,23,27)(H,24,26)/p+1/t20-/m1/s1. The van der Waals surface area contributed by atoms with Gasteiger partial charge in [0.2, 0.25) is 0 Å². The van der Waals surface area contributed by atoms with Gasteiger partial charge in [0, 0.05) is 18.2 Å². The van der Waals surface area contributed by atoms with Crippen LogP contribution in [0.15, 0.2) is 54.6 Å². The topological polar surface area (TPSA) is 62.6 Å². The van der Waals surface area contributed by atoms with Gasteiger partial charge in [-0.15, -0.1) is 0 Å². The number of nitrogens with one attached hydrogen (secondary N) is 3. The summed E-state index contributed by atoms with van der Waals surface area (Å²) in [6, 6.07) is 17.7. The molecule has 0 radical (unpaired) electrons. The molecule has 0 aliphatic heterocycles. The Morgan fingerprint density at radius 1 is 1.04 bits per heavy atom. The molecule has 144 valence electrons. The minimum absolute atomic E-state index is 0.0526. The lowest BCUT2D eigenvalue weighted by molar-refractivity contribution is -0.885. The lowest BCUT2D eigenvalue weighted by Crippen LogP contribution is -3.08. The summed E-state index contributed by atoms with van der Waals surface area (Å²) < 4.78 is 0. The largest absolute Gasteiger partial charge is 0.355 e. The molecule has 1 unspecified atom stereocenters. The van der Waals surface area contributed by atoms with E-state index in [0.717, 1.165) is 35.4 Å². The third-order valence-electron chi connectivity index (χ3n) is 4.53. The monoisotopic (exact) mass is 368 g/mol. The minimum Gasteiger partial charge on any atom is -0.355 e. The van der Waals surface area contributed by atoms with Crippen LogP contribution in [0.4, 0.5) is 0 Å². The number of amides is 2. The molecule has 5 nitrogen and oxygen atoms in total. The summed E-state index contributed by atoms with van der Waals surface area (Å²) in [6.45, 7) is 3.26. The highest BCUT2D eigenvalue weighted by molar-refractivity contribution is 5.93. The average Bonchev–Trinajstić information content (AvgIpc) is 2.68. The third-order valence-corrected chi connectivity index (χ3v) is 4.53. The van der Waals surface area contributed by atoms with Crippen LogP contribution in [0.25, 0.3) is 0 Å². The van der Waals surface area contributed by atoms with Crippen LogP contribution in [0.2, 0.25) is 0 Å². The maximum absolute atomic E-state index is 12.5. The Bertz CT molecular complexity index is 729. The van der Waals surface area contributed by atoms with Crippen molar-refractivity contribution in [1.29, 1.82) is 0 Å². The number of benzene rings is 2.